The molecule has 1 aromatic heterocycles. The quantitative estimate of drug-likeness (QED) is 0.273. The number of nitrogens with one attached hydrogen (secondary N) is 2. The number of quaternary nitrogens is 2. The molecule has 1 aromatic carbocycles. The second-order valence-electron chi connectivity index (χ2n) is 11.4. The van der Waals surface area contributed by atoms with E-state index >= 15 is 0 Å². The number of carbonyl (C=O) groups is 1. The average molecular weight is 514 g/mol. The highest BCUT2D eigenvalue weighted by atomic mass is 32.2. The molecular weight excluding hydrogens is 468 g/mol. The van der Waals surface area contributed by atoms with Gasteiger partial charge in [-0.25, -0.2) is 4.57 Å². The Hall–Kier alpha value is -2.42. The topological polar surface area (TPSA) is 57.9 Å². The number of nitrogens with zero attached hydrogens (tertiary/aromatic N) is 4. The predicted octanol–water partition coefficient (Wildman–Crippen LogP) is 3.81. The van der Waals surface area contributed by atoms with Crippen LogP contribution in [0, 0.1) is 13.8 Å². The lowest BCUT2D eigenvalue weighted by Crippen LogP contribution is -2.45. The molecule has 2 heterocycles. The standard InChI is InChI=1S/C28H43N6OS/c1-9-32-21(2)18-24(30-22(32)3)20-27-31-25-13-12-23(19-26(25)36-27)28(35)29-14-10-16-34(7,8)17-11-15-33(4,5)6/h12-13,18-20H,9-11,14-17H2,1-8H3/q+1/p+2. The molecule has 2 N–H and O–H groups in total. The molecule has 2 aromatic rings. The van der Waals surface area contributed by atoms with E-state index in [0.717, 1.165) is 62.2 Å². The lowest BCUT2D eigenvalue weighted by Gasteiger charge is -2.31. The van der Waals surface area contributed by atoms with Crippen LogP contribution in [0.2, 0.25) is 0 Å². The number of fused-ring (bicyclic) bond motifs is 1. The van der Waals surface area contributed by atoms with Crippen molar-refractivity contribution in [2.75, 3.05) is 66.7 Å². The number of hydrogen-bond donors (Lipinski definition) is 2. The molecule has 1 aliphatic rings. The highest BCUT2D eigenvalue weighted by molar-refractivity contribution is 8.03. The van der Waals surface area contributed by atoms with Gasteiger partial charge >= 0.3 is 0 Å². The van der Waals surface area contributed by atoms with Crippen LogP contribution in [0.4, 0.5) is 5.69 Å². The summed E-state index contributed by atoms with van der Waals surface area (Å²) in [7, 11) is 11.3. The Balaban J connectivity index is 1.51. The maximum Gasteiger partial charge on any atom is 0.296 e. The smallest absolute Gasteiger partial charge is 0.296 e. The van der Waals surface area contributed by atoms with Gasteiger partial charge in [-0.1, -0.05) is 11.8 Å². The second kappa shape index (κ2) is 11.8. The number of anilines is 1. The summed E-state index contributed by atoms with van der Waals surface area (Å²) in [5.74, 6) is 1.00. The van der Waals surface area contributed by atoms with E-state index in [-0.39, 0.29) is 5.91 Å². The molecule has 0 bridgehead atoms. The van der Waals surface area contributed by atoms with Crippen LogP contribution >= 0.6 is 11.8 Å². The molecule has 0 unspecified atom stereocenters. The number of benzene rings is 1. The minimum absolute atomic E-state index is 0.00809. The fraction of sp³-hybridized carbons (Fsp3) is 0.536. The van der Waals surface area contributed by atoms with Crippen molar-refractivity contribution in [2.24, 2.45) is 0 Å². The third-order valence-electron chi connectivity index (χ3n) is 6.60. The van der Waals surface area contributed by atoms with E-state index < -0.39 is 0 Å². The number of hydrogen-bond acceptors (Lipinski definition) is 4. The lowest BCUT2D eigenvalue weighted by molar-refractivity contribution is -0.902. The molecule has 0 saturated carbocycles. The summed E-state index contributed by atoms with van der Waals surface area (Å²) < 4.78 is 4.19. The van der Waals surface area contributed by atoms with Crippen LogP contribution in [0.5, 0.6) is 0 Å². The number of carbonyl (C=O) groups excluding carboxylic acids is 1. The van der Waals surface area contributed by atoms with Crippen LogP contribution in [-0.2, 0) is 6.54 Å². The molecular formula is C28H45N6OS+3. The van der Waals surface area contributed by atoms with Crippen LogP contribution in [0.25, 0.3) is 6.08 Å². The number of aryl methyl sites for hydroxylation is 2. The highest BCUT2D eigenvalue weighted by Crippen LogP contribution is 2.41. The Morgan fingerprint density at radius 2 is 1.81 bits per heavy atom. The largest absolute Gasteiger partial charge is 0.352 e. The number of aromatic nitrogens is 2. The van der Waals surface area contributed by atoms with Gasteiger partial charge in [0.25, 0.3) is 11.7 Å². The summed E-state index contributed by atoms with van der Waals surface area (Å²) in [5, 5.41) is 7.58. The van der Waals surface area contributed by atoms with Crippen molar-refractivity contribution >= 4 is 29.4 Å². The summed E-state index contributed by atoms with van der Waals surface area (Å²) in [5.41, 5.74) is 3.87. The van der Waals surface area contributed by atoms with E-state index in [1.807, 2.05) is 25.1 Å². The van der Waals surface area contributed by atoms with Crippen molar-refractivity contribution in [3.63, 3.8) is 0 Å². The first-order chi connectivity index (χ1) is 16.9. The minimum Gasteiger partial charge on any atom is -0.352 e. The zero-order valence-corrected chi connectivity index (χ0v) is 24.3. The van der Waals surface area contributed by atoms with Gasteiger partial charge in [0.05, 0.1) is 72.1 Å². The molecule has 0 aliphatic carbocycles. The minimum atomic E-state index is -0.00809. The van der Waals surface area contributed by atoms with E-state index in [4.69, 9.17) is 4.98 Å². The molecule has 3 rings (SSSR count). The molecule has 36 heavy (non-hydrogen) atoms. The summed E-state index contributed by atoms with van der Waals surface area (Å²) in [4.78, 5) is 18.6. The third-order valence-corrected chi connectivity index (χ3v) is 7.60. The van der Waals surface area contributed by atoms with E-state index in [0.29, 0.717) is 12.1 Å². The van der Waals surface area contributed by atoms with Crippen molar-refractivity contribution in [3.05, 3.63) is 52.1 Å². The zero-order valence-electron chi connectivity index (χ0n) is 23.4. The SMILES string of the molecule is CC[n+]1c(C)cc(/C=C2\Nc3ccc(C(=O)NCCC[N+](C)(C)CCC[N+](C)(C)C)cc3S2)nc1C. The Morgan fingerprint density at radius 1 is 1.08 bits per heavy atom. The third kappa shape index (κ3) is 8.05. The zero-order chi connectivity index (χ0) is 26.5. The summed E-state index contributed by atoms with van der Waals surface area (Å²) in [6.07, 6.45) is 4.25. The van der Waals surface area contributed by atoms with Crippen LogP contribution < -0.4 is 15.2 Å². The summed E-state index contributed by atoms with van der Waals surface area (Å²) in [6.45, 7) is 11.3. The molecule has 1 aliphatic heterocycles. The summed E-state index contributed by atoms with van der Waals surface area (Å²) in [6, 6.07) is 7.98. The predicted molar refractivity (Wildman–Crippen MR) is 150 cm³/mol. The summed E-state index contributed by atoms with van der Waals surface area (Å²) >= 11 is 1.64. The van der Waals surface area contributed by atoms with Gasteiger partial charge in [0, 0.05) is 48.9 Å². The molecule has 0 atom stereocenters. The first kappa shape index (κ1) is 28.2. The monoisotopic (exact) mass is 513 g/mol. The fourth-order valence-electron chi connectivity index (χ4n) is 4.60. The van der Waals surface area contributed by atoms with E-state index in [9.17, 15) is 4.79 Å². The highest BCUT2D eigenvalue weighted by Gasteiger charge is 2.21. The van der Waals surface area contributed by atoms with E-state index in [1.165, 1.54) is 18.7 Å². The normalized spacial score (nSPS) is 14.6. The van der Waals surface area contributed by atoms with Gasteiger partial charge in [0.15, 0.2) is 5.69 Å². The van der Waals surface area contributed by atoms with Gasteiger partial charge < -0.3 is 19.6 Å². The molecule has 0 radical (unpaired) electrons. The molecule has 0 spiro atoms. The first-order valence-electron chi connectivity index (χ1n) is 13.0. The average Bonchev–Trinajstić information content (AvgIpc) is 3.16. The van der Waals surface area contributed by atoms with Crippen LogP contribution in [-0.4, -0.2) is 81.3 Å². The van der Waals surface area contributed by atoms with Crippen LogP contribution in [0.15, 0.2) is 34.2 Å². The maximum absolute atomic E-state index is 12.8. The Bertz CT molecular complexity index is 1100. The van der Waals surface area contributed by atoms with Gasteiger partial charge in [0.2, 0.25) is 0 Å². The van der Waals surface area contributed by atoms with E-state index in [1.54, 1.807) is 11.8 Å². The molecule has 8 heteroatoms. The molecule has 7 nitrogen and oxygen atoms in total. The second-order valence-corrected chi connectivity index (χ2v) is 12.5. The van der Waals surface area contributed by atoms with Crippen molar-refractivity contribution in [2.45, 2.75) is 45.1 Å². The van der Waals surface area contributed by atoms with Crippen molar-refractivity contribution in [1.29, 1.82) is 0 Å². The van der Waals surface area contributed by atoms with Crippen LogP contribution in [0.1, 0.15) is 47.3 Å². The van der Waals surface area contributed by atoms with Gasteiger partial charge in [0.1, 0.15) is 5.69 Å². The van der Waals surface area contributed by atoms with Gasteiger partial charge in [-0.3, -0.25) is 4.79 Å². The number of thioether (sulfide) groups is 1. The van der Waals surface area contributed by atoms with Gasteiger partial charge in [-0.2, -0.15) is 0 Å². The molecule has 0 fully saturated rings. The van der Waals surface area contributed by atoms with Crippen molar-refractivity contribution in [1.82, 2.24) is 10.3 Å². The first-order valence-corrected chi connectivity index (χ1v) is 13.8. The Kier molecular flexibility index (Phi) is 9.19. The molecule has 1 amide bonds. The molecule has 0 saturated heterocycles. The van der Waals surface area contributed by atoms with Crippen molar-refractivity contribution in [3.8, 4) is 0 Å². The van der Waals surface area contributed by atoms with E-state index in [2.05, 4.69) is 76.4 Å². The van der Waals surface area contributed by atoms with Gasteiger partial charge in [-0.15, -0.1) is 0 Å². The van der Waals surface area contributed by atoms with Crippen molar-refractivity contribution < 1.29 is 18.3 Å². The number of rotatable bonds is 11. The number of amides is 1. The van der Waals surface area contributed by atoms with Crippen LogP contribution in [0.3, 0.4) is 0 Å². The lowest BCUT2D eigenvalue weighted by atomic mass is 10.2. The Labute approximate surface area is 221 Å². The molecule has 196 valence electrons. The maximum atomic E-state index is 12.8. The Morgan fingerprint density at radius 3 is 2.47 bits per heavy atom. The fourth-order valence-corrected chi connectivity index (χ4v) is 5.60. The van der Waals surface area contributed by atoms with Gasteiger partial charge in [-0.05, 0) is 37.0 Å².